The van der Waals surface area contributed by atoms with Crippen molar-refractivity contribution in [1.29, 1.82) is 0 Å². The fraction of sp³-hybridized carbons (Fsp3) is 0.774. The molecule has 11 nitrogen and oxygen atoms in total. The van der Waals surface area contributed by atoms with Gasteiger partial charge in [0, 0.05) is 25.4 Å². The Labute approximate surface area is 260 Å². The van der Waals surface area contributed by atoms with Crippen LogP contribution in [0, 0.1) is 35.5 Å². The SMILES string of the molecule is CC[C@H](C)[C@H](NC(=O)[C@H](CC(C)C)NC(=O)[C@@H]1CCCN1C(=O)[C@H](CS)NC(=O)CN1CC2C3C=CC(C3)C2C1)C(=O)O. The molecule has 0 aromatic rings. The fourth-order valence-electron chi connectivity index (χ4n) is 7.41. The Morgan fingerprint density at radius 2 is 1.63 bits per heavy atom. The highest BCUT2D eigenvalue weighted by molar-refractivity contribution is 7.80. The molecular formula is C31H49N5O6S. The second-order valence-electron chi connectivity index (χ2n) is 13.4. The topological polar surface area (TPSA) is 148 Å². The van der Waals surface area contributed by atoms with Crippen LogP contribution in [0.4, 0.5) is 0 Å². The van der Waals surface area contributed by atoms with E-state index in [4.69, 9.17) is 0 Å². The predicted molar refractivity (Wildman–Crippen MR) is 165 cm³/mol. The van der Waals surface area contributed by atoms with E-state index < -0.39 is 42.0 Å². The number of nitrogens with zero attached hydrogens (tertiary/aromatic N) is 2. The summed E-state index contributed by atoms with van der Waals surface area (Å²) < 4.78 is 0. The molecule has 0 aromatic heterocycles. The predicted octanol–water partition coefficient (Wildman–Crippen LogP) is 1.29. The number of nitrogens with one attached hydrogen (secondary N) is 3. The smallest absolute Gasteiger partial charge is 0.326 e. The second-order valence-corrected chi connectivity index (χ2v) is 13.7. The molecule has 2 heterocycles. The third-order valence-corrected chi connectivity index (χ3v) is 10.2. The molecule has 4 aliphatic rings. The summed E-state index contributed by atoms with van der Waals surface area (Å²) in [5.74, 6) is -0.401. The molecule has 4 rings (SSSR count). The van der Waals surface area contributed by atoms with Crippen LogP contribution in [0.15, 0.2) is 12.2 Å². The zero-order valence-corrected chi connectivity index (χ0v) is 26.7. The summed E-state index contributed by atoms with van der Waals surface area (Å²) in [4.78, 5) is 68.6. The molecule has 2 saturated heterocycles. The summed E-state index contributed by atoms with van der Waals surface area (Å²) in [6, 6.07) is -3.67. The number of aliphatic carboxylic acids is 1. The van der Waals surface area contributed by atoms with E-state index in [1.165, 1.54) is 11.3 Å². The summed E-state index contributed by atoms with van der Waals surface area (Å²) in [5.41, 5.74) is 0. The number of likely N-dealkylation sites (tertiary alicyclic amines) is 2. The number of hydrogen-bond acceptors (Lipinski definition) is 7. The maximum absolute atomic E-state index is 13.6. The number of carbonyl (C=O) groups is 5. The Morgan fingerprint density at radius 1 is 0.977 bits per heavy atom. The van der Waals surface area contributed by atoms with Gasteiger partial charge in [0.2, 0.25) is 23.6 Å². The van der Waals surface area contributed by atoms with Crippen LogP contribution in [0.2, 0.25) is 0 Å². The Bertz CT molecular complexity index is 1080. The zero-order chi connectivity index (χ0) is 31.4. The van der Waals surface area contributed by atoms with E-state index in [1.807, 2.05) is 20.8 Å². The molecule has 9 atom stereocenters. The standard InChI is InChI=1S/C31H49N5O6S/c1-5-18(4)27(31(41)42)34-28(38)23(11-17(2)3)33-29(39)25-7-6-10-36(25)30(40)24(16-43)32-26(37)15-35-13-21-19-8-9-20(12-19)22(21)14-35/h8-9,17-25,27,43H,5-7,10-16H2,1-4H3,(H,32,37)(H,33,39)(H,34,38)(H,41,42)/t18-,19?,20?,21?,22?,23-,24-,25-,27-/m0/s1. The Kier molecular flexibility index (Phi) is 11.2. The Hall–Kier alpha value is -2.60. The summed E-state index contributed by atoms with van der Waals surface area (Å²) in [5, 5.41) is 17.9. The van der Waals surface area contributed by atoms with Crippen molar-refractivity contribution < 1.29 is 29.1 Å². The first kappa shape index (κ1) is 33.3. The molecule has 4 amide bonds. The number of carboxylic acid groups (broad SMARTS) is 1. The lowest BCUT2D eigenvalue weighted by Crippen LogP contribution is -2.58. The molecule has 2 aliphatic heterocycles. The van der Waals surface area contributed by atoms with Gasteiger partial charge >= 0.3 is 5.97 Å². The van der Waals surface area contributed by atoms with Crippen LogP contribution < -0.4 is 16.0 Å². The number of allylic oxidation sites excluding steroid dienone is 2. The monoisotopic (exact) mass is 619 g/mol. The Morgan fingerprint density at radius 3 is 2.19 bits per heavy atom. The van der Waals surface area contributed by atoms with Gasteiger partial charge < -0.3 is 26.0 Å². The van der Waals surface area contributed by atoms with E-state index >= 15 is 0 Å². The molecule has 0 aromatic carbocycles. The van der Waals surface area contributed by atoms with Crippen LogP contribution in [0.1, 0.15) is 59.8 Å². The molecule has 12 heteroatoms. The molecular weight excluding hydrogens is 570 g/mol. The van der Waals surface area contributed by atoms with E-state index in [1.54, 1.807) is 6.92 Å². The lowest BCUT2D eigenvalue weighted by atomic mass is 9.86. The van der Waals surface area contributed by atoms with Gasteiger partial charge in [-0.05, 0) is 61.2 Å². The minimum Gasteiger partial charge on any atom is -0.480 e. The number of amides is 4. The quantitative estimate of drug-likeness (QED) is 0.145. The number of hydrogen-bond donors (Lipinski definition) is 5. The molecule has 4 unspecified atom stereocenters. The van der Waals surface area contributed by atoms with E-state index in [0.29, 0.717) is 55.9 Å². The van der Waals surface area contributed by atoms with E-state index in [-0.39, 0.29) is 35.9 Å². The summed E-state index contributed by atoms with van der Waals surface area (Å²) in [6.45, 7) is 9.81. The summed E-state index contributed by atoms with van der Waals surface area (Å²) in [7, 11) is 0. The number of carboxylic acids is 1. The van der Waals surface area contributed by atoms with Crippen molar-refractivity contribution in [2.24, 2.45) is 35.5 Å². The van der Waals surface area contributed by atoms with Gasteiger partial charge in [-0.2, -0.15) is 12.6 Å². The molecule has 2 aliphatic carbocycles. The van der Waals surface area contributed by atoms with Gasteiger partial charge in [-0.25, -0.2) is 4.79 Å². The van der Waals surface area contributed by atoms with Crippen molar-refractivity contribution in [2.75, 3.05) is 31.9 Å². The minimum absolute atomic E-state index is 0.0506. The van der Waals surface area contributed by atoms with Crippen LogP contribution in [-0.4, -0.2) is 101 Å². The number of thiol groups is 1. The van der Waals surface area contributed by atoms with Gasteiger partial charge in [-0.3, -0.25) is 24.1 Å². The average molecular weight is 620 g/mol. The first-order chi connectivity index (χ1) is 20.4. The maximum Gasteiger partial charge on any atom is 0.326 e. The largest absolute Gasteiger partial charge is 0.480 e. The lowest BCUT2D eigenvalue weighted by molar-refractivity contribution is -0.144. The molecule has 2 bridgehead atoms. The highest BCUT2D eigenvalue weighted by Crippen LogP contribution is 2.51. The van der Waals surface area contributed by atoms with Crippen molar-refractivity contribution in [2.45, 2.75) is 84.0 Å². The first-order valence-corrected chi connectivity index (χ1v) is 16.5. The van der Waals surface area contributed by atoms with Crippen LogP contribution >= 0.6 is 12.6 Å². The maximum atomic E-state index is 13.6. The minimum atomic E-state index is -1.12. The van der Waals surface area contributed by atoms with Crippen LogP contribution in [0.25, 0.3) is 0 Å². The van der Waals surface area contributed by atoms with Gasteiger partial charge in [0.25, 0.3) is 0 Å². The summed E-state index contributed by atoms with van der Waals surface area (Å²) >= 11 is 4.34. The molecule has 4 N–H and O–H groups in total. The van der Waals surface area contributed by atoms with Gasteiger partial charge in [-0.1, -0.05) is 46.3 Å². The molecule has 0 radical (unpaired) electrons. The van der Waals surface area contributed by atoms with Gasteiger partial charge in [0.05, 0.1) is 6.54 Å². The van der Waals surface area contributed by atoms with Crippen LogP contribution in [0.5, 0.6) is 0 Å². The number of fused-ring (bicyclic) bond motifs is 5. The number of rotatable bonds is 14. The Balaban J connectivity index is 1.34. The molecule has 0 spiro atoms. The van der Waals surface area contributed by atoms with E-state index in [0.717, 1.165) is 13.1 Å². The van der Waals surface area contributed by atoms with Crippen LogP contribution in [-0.2, 0) is 24.0 Å². The van der Waals surface area contributed by atoms with Crippen molar-refractivity contribution in [3.63, 3.8) is 0 Å². The highest BCUT2D eigenvalue weighted by Gasteiger charge is 2.49. The first-order valence-electron chi connectivity index (χ1n) is 15.9. The van der Waals surface area contributed by atoms with E-state index in [9.17, 15) is 29.1 Å². The van der Waals surface area contributed by atoms with Crippen LogP contribution in [0.3, 0.4) is 0 Å². The lowest BCUT2D eigenvalue weighted by Gasteiger charge is -2.30. The molecule has 3 fully saturated rings. The van der Waals surface area contributed by atoms with Gasteiger partial charge in [-0.15, -0.1) is 0 Å². The van der Waals surface area contributed by atoms with Crippen molar-refractivity contribution in [3.8, 4) is 0 Å². The fourth-order valence-corrected chi connectivity index (χ4v) is 7.66. The van der Waals surface area contributed by atoms with Crippen molar-refractivity contribution in [1.82, 2.24) is 25.8 Å². The summed E-state index contributed by atoms with van der Waals surface area (Å²) in [6.07, 6.45) is 7.81. The zero-order valence-electron chi connectivity index (χ0n) is 25.8. The van der Waals surface area contributed by atoms with E-state index in [2.05, 4.69) is 45.6 Å². The normalized spacial score (nSPS) is 28.8. The third-order valence-electron chi connectivity index (χ3n) is 9.88. The highest BCUT2D eigenvalue weighted by atomic mass is 32.1. The molecule has 1 saturated carbocycles. The van der Waals surface area contributed by atoms with Crippen molar-refractivity contribution in [3.05, 3.63) is 12.2 Å². The average Bonchev–Trinajstić information content (AvgIpc) is 3.75. The second kappa shape index (κ2) is 14.5. The van der Waals surface area contributed by atoms with Gasteiger partial charge in [0.1, 0.15) is 24.2 Å². The third kappa shape index (κ3) is 7.74. The van der Waals surface area contributed by atoms with Crippen molar-refractivity contribution >= 4 is 42.2 Å². The van der Waals surface area contributed by atoms with Gasteiger partial charge in [0.15, 0.2) is 0 Å². The molecule has 43 heavy (non-hydrogen) atoms. The number of carbonyl (C=O) groups excluding carboxylic acids is 4. The molecule has 240 valence electrons.